The van der Waals surface area contributed by atoms with Gasteiger partial charge in [0.05, 0.1) is 4.92 Å². The Hall–Kier alpha value is -2.70. The highest BCUT2D eigenvalue weighted by Gasteiger charge is 2.20. The number of nitro benzene ring substituents is 1. The molecule has 0 fully saturated rings. The zero-order valence-electron chi connectivity index (χ0n) is 10.3. The Labute approximate surface area is 107 Å². The van der Waals surface area contributed by atoms with E-state index in [1.54, 1.807) is 6.92 Å². The van der Waals surface area contributed by atoms with Crippen LogP contribution in [0, 0.1) is 17.0 Å². The van der Waals surface area contributed by atoms with Gasteiger partial charge in [-0.15, -0.1) is 0 Å². The monoisotopic (exact) mass is 261 g/mol. The van der Waals surface area contributed by atoms with Crippen molar-refractivity contribution in [3.63, 3.8) is 0 Å². The van der Waals surface area contributed by atoms with Gasteiger partial charge in [-0.3, -0.25) is 29.5 Å². The van der Waals surface area contributed by atoms with Gasteiger partial charge in [0, 0.05) is 30.4 Å². The Kier molecular flexibility index (Phi) is 3.04. The number of carbonyl (C=O) groups excluding carboxylic acids is 1. The van der Waals surface area contributed by atoms with E-state index in [0.717, 1.165) is 6.07 Å². The van der Waals surface area contributed by atoms with Crippen molar-refractivity contribution in [2.24, 2.45) is 7.05 Å². The standard InChI is InChI=1S/C12H11N3O4/c1-7-10(12(17)14(2)13-7)11(16)8-4-3-5-9(6-8)15(18)19/h3-6,13H,1-2H3. The number of nitro groups is 1. The number of aromatic nitrogens is 2. The largest absolute Gasteiger partial charge is 0.299 e. The highest BCUT2D eigenvalue weighted by atomic mass is 16.6. The molecular formula is C12H11N3O4. The molecule has 1 heterocycles. The summed E-state index contributed by atoms with van der Waals surface area (Å²) in [4.78, 5) is 34.1. The van der Waals surface area contributed by atoms with Crippen LogP contribution in [0.25, 0.3) is 0 Å². The molecule has 2 rings (SSSR count). The predicted molar refractivity (Wildman–Crippen MR) is 67.3 cm³/mol. The van der Waals surface area contributed by atoms with Gasteiger partial charge < -0.3 is 0 Å². The van der Waals surface area contributed by atoms with Gasteiger partial charge >= 0.3 is 0 Å². The topological polar surface area (TPSA) is 98.0 Å². The summed E-state index contributed by atoms with van der Waals surface area (Å²) in [7, 11) is 1.50. The Morgan fingerprint density at radius 2 is 2.11 bits per heavy atom. The summed E-state index contributed by atoms with van der Waals surface area (Å²) < 4.78 is 1.19. The lowest BCUT2D eigenvalue weighted by Crippen LogP contribution is -2.19. The van der Waals surface area contributed by atoms with Crippen LogP contribution in [-0.2, 0) is 7.05 Å². The lowest BCUT2D eigenvalue weighted by atomic mass is 10.0. The second kappa shape index (κ2) is 4.52. The van der Waals surface area contributed by atoms with Crippen LogP contribution in [0.1, 0.15) is 21.6 Å². The van der Waals surface area contributed by atoms with E-state index >= 15 is 0 Å². The number of nitrogens with one attached hydrogen (secondary N) is 1. The predicted octanol–water partition coefficient (Wildman–Crippen LogP) is 1.16. The Morgan fingerprint density at radius 3 is 2.63 bits per heavy atom. The number of rotatable bonds is 3. The van der Waals surface area contributed by atoms with Crippen LogP contribution in [-0.4, -0.2) is 20.5 Å². The van der Waals surface area contributed by atoms with Crippen LogP contribution >= 0.6 is 0 Å². The van der Waals surface area contributed by atoms with Crippen molar-refractivity contribution in [3.8, 4) is 0 Å². The third-order valence-electron chi connectivity index (χ3n) is 2.78. The third kappa shape index (κ3) is 2.17. The minimum atomic E-state index is -0.584. The van der Waals surface area contributed by atoms with Crippen molar-refractivity contribution in [3.05, 3.63) is 61.6 Å². The van der Waals surface area contributed by atoms with Gasteiger partial charge in [0.2, 0.25) is 5.78 Å². The lowest BCUT2D eigenvalue weighted by Gasteiger charge is -1.98. The first kappa shape index (κ1) is 12.7. The Balaban J connectivity index is 2.53. The number of hydrogen-bond donors (Lipinski definition) is 1. The molecule has 0 amide bonds. The highest BCUT2D eigenvalue weighted by molar-refractivity contribution is 6.09. The molecule has 1 N–H and O–H groups in total. The maximum Gasteiger partial charge on any atom is 0.277 e. The number of carbonyl (C=O) groups is 1. The molecule has 7 heteroatoms. The highest BCUT2D eigenvalue weighted by Crippen LogP contribution is 2.16. The molecule has 0 spiro atoms. The normalized spacial score (nSPS) is 10.4. The number of hydrogen-bond acceptors (Lipinski definition) is 4. The van der Waals surface area contributed by atoms with Crippen molar-refractivity contribution in [1.29, 1.82) is 0 Å². The van der Waals surface area contributed by atoms with E-state index in [4.69, 9.17) is 0 Å². The maximum absolute atomic E-state index is 12.2. The van der Waals surface area contributed by atoms with Gasteiger partial charge in [-0.1, -0.05) is 12.1 Å². The molecule has 0 atom stereocenters. The van der Waals surface area contributed by atoms with E-state index in [1.807, 2.05) is 0 Å². The molecular weight excluding hydrogens is 250 g/mol. The number of benzene rings is 1. The summed E-state index contributed by atoms with van der Waals surface area (Å²) in [6.07, 6.45) is 0. The van der Waals surface area contributed by atoms with E-state index < -0.39 is 16.3 Å². The number of aryl methyl sites for hydroxylation is 2. The fraction of sp³-hybridized carbons (Fsp3) is 0.167. The van der Waals surface area contributed by atoms with Gasteiger partial charge in [0.1, 0.15) is 5.56 Å². The fourth-order valence-electron chi connectivity index (χ4n) is 1.86. The van der Waals surface area contributed by atoms with Crippen LogP contribution in [0.5, 0.6) is 0 Å². The second-order valence-electron chi connectivity index (χ2n) is 4.11. The van der Waals surface area contributed by atoms with Gasteiger partial charge in [0.25, 0.3) is 11.2 Å². The Bertz CT molecular complexity index is 727. The molecule has 0 bridgehead atoms. The van der Waals surface area contributed by atoms with Crippen LogP contribution in [0.2, 0.25) is 0 Å². The van der Waals surface area contributed by atoms with E-state index in [9.17, 15) is 19.7 Å². The van der Waals surface area contributed by atoms with Gasteiger partial charge in [-0.25, -0.2) is 0 Å². The molecule has 1 aromatic heterocycles. The SMILES string of the molecule is Cc1[nH]n(C)c(=O)c1C(=O)c1cccc([N+](=O)[O-])c1. The molecule has 7 nitrogen and oxygen atoms in total. The summed E-state index contributed by atoms with van der Waals surface area (Å²) in [5.41, 5.74) is -0.0779. The summed E-state index contributed by atoms with van der Waals surface area (Å²) >= 11 is 0. The molecule has 0 aliphatic rings. The molecule has 0 aliphatic heterocycles. The van der Waals surface area contributed by atoms with Crippen LogP contribution in [0.4, 0.5) is 5.69 Å². The maximum atomic E-state index is 12.2. The number of non-ortho nitro benzene ring substituents is 1. The number of H-pyrrole nitrogens is 1. The molecule has 0 radical (unpaired) electrons. The molecule has 0 unspecified atom stereocenters. The van der Waals surface area contributed by atoms with Crippen LogP contribution in [0.3, 0.4) is 0 Å². The van der Waals surface area contributed by atoms with Gasteiger partial charge in [-0.2, -0.15) is 0 Å². The van der Waals surface area contributed by atoms with Crippen molar-refractivity contribution in [2.75, 3.05) is 0 Å². The van der Waals surface area contributed by atoms with Crippen LogP contribution in [0.15, 0.2) is 29.1 Å². The molecule has 0 aliphatic carbocycles. The first-order valence-electron chi connectivity index (χ1n) is 5.46. The molecule has 1 aromatic carbocycles. The minimum Gasteiger partial charge on any atom is -0.299 e. The molecule has 0 saturated carbocycles. The summed E-state index contributed by atoms with van der Waals surface area (Å²) in [5.74, 6) is -0.525. The first-order chi connectivity index (χ1) is 8.91. The van der Waals surface area contributed by atoms with E-state index in [2.05, 4.69) is 5.10 Å². The van der Waals surface area contributed by atoms with Gasteiger partial charge in [0.15, 0.2) is 0 Å². The van der Waals surface area contributed by atoms with E-state index in [-0.39, 0.29) is 16.8 Å². The van der Waals surface area contributed by atoms with Gasteiger partial charge in [-0.05, 0) is 6.92 Å². The molecule has 2 aromatic rings. The third-order valence-corrected chi connectivity index (χ3v) is 2.78. The molecule has 19 heavy (non-hydrogen) atoms. The summed E-state index contributed by atoms with van der Waals surface area (Å²) in [6.45, 7) is 1.60. The van der Waals surface area contributed by atoms with Crippen LogP contribution < -0.4 is 5.56 Å². The number of ketones is 1. The average molecular weight is 261 g/mol. The zero-order chi connectivity index (χ0) is 14.2. The van der Waals surface area contributed by atoms with E-state index in [0.29, 0.717) is 5.69 Å². The second-order valence-corrected chi connectivity index (χ2v) is 4.11. The molecule has 0 saturated heterocycles. The van der Waals surface area contributed by atoms with Crippen molar-refractivity contribution >= 4 is 11.5 Å². The zero-order valence-corrected chi connectivity index (χ0v) is 10.3. The first-order valence-corrected chi connectivity index (χ1v) is 5.46. The van der Waals surface area contributed by atoms with Crippen molar-refractivity contribution in [2.45, 2.75) is 6.92 Å². The molecule has 98 valence electrons. The smallest absolute Gasteiger partial charge is 0.277 e. The average Bonchev–Trinajstić information content (AvgIpc) is 2.62. The summed E-state index contributed by atoms with van der Waals surface area (Å²) in [5, 5.41) is 13.4. The summed E-state index contributed by atoms with van der Waals surface area (Å²) in [6, 6.07) is 5.31. The van der Waals surface area contributed by atoms with Crippen molar-refractivity contribution < 1.29 is 9.72 Å². The minimum absolute atomic E-state index is 0.00278. The Morgan fingerprint density at radius 1 is 1.42 bits per heavy atom. The quantitative estimate of drug-likeness (QED) is 0.509. The van der Waals surface area contributed by atoms with E-state index in [1.165, 1.54) is 29.9 Å². The number of nitrogens with zero attached hydrogens (tertiary/aromatic N) is 2. The number of aromatic amines is 1. The van der Waals surface area contributed by atoms with Crippen molar-refractivity contribution in [1.82, 2.24) is 9.78 Å². The fourth-order valence-corrected chi connectivity index (χ4v) is 1.86. The lowest BCUT2D eigenvalue weighted by molar-refractivity contribution is -0.384.